The highest BCUT2D eigenvalue weighted by atomic mass is 35.5. The third-order valence-electron chi connectivity index (χ3n) is 10.3. The van der Waals surface area contributed by atoms with Crippen LogP contribution in [-0.2, 0) is 31.8 Å². The number of nitrogens with one attached hydrogen (secondary N) is 3. The number of piperidine rings is 1. The Kier molecular flexibility index (Phi) is 13.7. The number of ether oxygens (including phenoxy) is 1. The number of anilines is 4. The number of rotatable bonds is 12. The summed E-state index contributed by atoms with van der Waals surface area (Å²) in [6.07, 6.45) is -3.53. The van der Waals surface area contributed by atoms with E-state index in [4.69, 9.17) is 17.0 Å². The van der Waals surface area contributed by atoms with Gasteiger partial charge >= 0.3 is 6.18 Å². The van der Waals surface area contributed by atoms with Crippen LogP contribution in [0.15, 0.2) is 60.7 Å². The summed E-state index contributed by atoms with van der Waals surface area (Å²) in [5.74, 6) is -0.640. The number of thiocarbonyl (C=S) groups is 1. The number of nitriles is 1. The maximum Gasteiger partial charge on any atom is 0.417 e. The van der Waals surface area contributed by atoms with Crippen molar-refractivity contribution in [1.82, 2.24) is 15.1 Å². The van der Waals surface area contributed by atoms with Gasteiger partial charge < -0.3 is 20.3 Å². The van der Waals surface area contributed by atoms with Crippen molar-refractivity contribution in [1.29, 1.82) is 5.26 Å². The van der Waals surface area contributed by atoms with Crippen molar-refractivity contribution in [3.63, 3.8) is 0 Å². The van der Waals surface area contributed by atoms with E-state index < -0.39 is 34.8 Å². The Bertz CT molecular complexity index is 2120. The minimum absolute atomic E-state index is 0. The van der Waals surface area contributed by atoms with Gasteiger partial charge in [0.1, 0.15) is 23.9 Å². The minimum Gasteiger partial charge on any atom is -0.492 e. The number of amides is 4. The Morgan fingerprint density at radius 2 is 1.69 bits per heavy atom. The van der Waals surface area contributed by atoms with E-state index in [0.29, 0.717) is 61.9 Å². The molecule has 0 bridgehead atoms. The highest BCUT2D eigenvalue weighted by Gasteiger charge is 2.51. The van der Waals surface area contributed by atoms with Gasteiger partial charge in [0, 0.05) is 56.2 Å². The Hall–Kier alpha value is -5.28. The van der Waals surface area contributed by atoms with E-state index in [-0.39, 0.29) is 53.9 Å². The van der Waals surface area contributed by atoms with Gasteiger partial charge in [-0.05, 0) is 99.1 Å². The molecule has 3 aromatic carbocycles. The molecule has 3 saturated heterocycles. The van der Waals surface area contributed by atoms with Crippen LogP contribution in [0, 0.1) is 11.3 Å². The maximum absolute atomic E-state index is 13.8. The van der Waals surface area contributed by atoms with Crippen molar-refractivity contribution in [2.24, 2.45) is 0 Å². The van der Waals surface area contributed by atoms with E-state index in [2.05, 4.69) is 25.8 Å². The molecule has 1 unspecified atom stereocenters. The first-order valence-corrected chi connectivity index (χ1v) is 19.0. The summed E-state index contributed by atoms with van der Waals surface area (Å²) in [7, 11) is 0. The van der Waals surface area contributed by atoms with E-state index in [1.807, 2.05) is 13.0 Å². The third-order valence-corrected chi connectivity index (χ3v) is 10.6. The predicted octanol–water partition coefficient (Wildman–Crippen LogP) is 5.33. The summed E-state index contributed by atoms with van der Waals surface area (Å²) in [5.41, 5.74) is -0.268. The molecule has 0 aliphatic carbocycles. The number of alkyl halides is 3. The summed E-state index contributed by atoms with van der Waals surface area (Å²) < 4.78 is 47.5. The lowest BCUT2D eigenvalue weighted by Crippen LogP contribution is -2.49. The molecule has 13 nitrogen and oxygen atoms in total. The van der Waals surface area contributed by atoms with Crippen molar-refractivity contribution >= 4 is 76.1 Å². The van der Waals surface area contributed by atoms with Gasteiger partial charge in [0.15, 0.2) is 5.11 Å². The zero-order valence-corrected chi connectivity index (χ0v) is 33.8. The van der Waals surface area contributed by atoms with E-state index >= 15 is 0 Å². The number of hydrogen-bond donors (Lipinski definition) is 3. The van der Waals surface area contributed by atoms with Crippen LogP contribution in [0.4, 0.5) is 35.9 Å². The Morgan fingerprint density at radius 1 is 1.00 bits per heavy atom. The second kappa shape index (κ2) is 18.1. The first kappa shape index (κ1) is 43.8. The highest BCUT2D eigenvalue weighted by Crippen LogP contribution is 2.40. The first-order chi connectivity index (χ1) is 27.1. The SMILES string of the molecule is CCc1cc(N2C(=S)N(c3ccc(C#N)c(C(F)(F)F)c3)C(=O)C2(C)C)ccc1OCCN1CCN(CC(=O)Nc2cccc(NC3CCC(=O)NC3=O)c2)CC1.Cl. The molecule has 308 valence electrons. The number of imide groups is 1. The van der Waals surface area contributed by atoms with Crippen LogP contribution >= 0.6 is 24.6 Å². The summed E-state index contributed by atoms with van der Waals surface area (Å²) in [4.78, 5) is 57.1. The number of benzene rings is 3. The average Bonchev–Trinajstić information content (AvgIpc) is 3.34. The van der Waals surface area contributed by atoms with Crippen molar-refractivity contribution in [3.8, 4) is 11.8 Å². The topological polar surface area (TPSA) is 150 Å². The van der Waals surface area contributed by atoms with E-state index in [1.165, 1.54) is 6.07 Å². The second-order valence-electron chi connectivity index (χ2n) is 14.5. The molecule has 0 aromatic heterocycles. The Balaban J connectivity index is 0.00000641. The third kappa shape index (κ3) is 9.70. The number of nitrogens with zero attached hydrogens (tertiary/aromatic N) is 5. The number of piperazine rings is 1. The van der Waals surface area contributed by atoms with E-state index in [1.54, 1.807) is 61.2 Å². The van der Waals surface area contributed by atoms with Crippen LogP contribution in [0.2, 0.25) is 0 Å². The minimum atomic E-state index is -4.79. The molecule has 3 N–H and O–H groups in total. The normalized spacial score (nSPS) is 18.7. The molecule has 0 spiro atoms. The molecule has 3 aromatic rings. The van der Waals surface area contributed by atoms with Crippen LogP contribution in [0.3, 0.4) is 0 Å². The largest absolute Gasteiger partial charge is 0.492 e. The summed E-state index contributed by atoms with van der Waals surface area (Å²) in [6.45, 7) is 9.47. The standard InChI is InChI=1S/C40H43F3N8O5S.ClH/c1-4-25-20-30(51-38(57)50(37(55)39(51,2)3)29-9-8-26(23-44)31(22-29)40(41,42)43)10-12-33(25)56-19-18-48-14-16-49(17-15-48)24-35(53)46-28-7-5-6-27(21-28)45-32-11-13-34(52)47-36(32)54;/h5-10,12,20-22,32,45H,4,11,13-19,24H2,1-3H3,(H,46,53)(H,47,52,54);1H. The molecule has 3 heterocycles. The number of hydrogen-bond acceptors (Lipinski definition) is 10. The first-order valence-electron chi connectivity index (χ1n) is 18.6. The number of carbonyl (C=O) groups is 4. The maximum atomic E-state index is 13.8. The molecular weight excluding hydrogens is 797 g/mol. The van der Waals surface area contributed by atoms with Gasteiger partial charge in [-0.15, -0.1) is 12.4 Å². The smallest absolute Gasteiger partial charge is 0.417 e. The summed E-state index contributed by atoms with van der Waals surface area (Å²) >= 11 is 5.70. The lowest BCUT2D eigenvalue weighted by atomic mass is 10.0. The van der Waals surface area contributed by atoms with Gasteiger partial charge in [0.2, 0.25) is 17.7 Å². The molecule has 3 fully saturated rings. The van der Waals surface area contributed by atoms with Gasteiger partial charge in [-0.1, -0.05) is 13.0 Å². The average molecular weight is 841 g/mol. The zero-order valence-electron chi connectivity index (χ0n) is 32.1. The fraction of sp³-hybridized carbons (Fsp3) is 0.400. The van der Waals surface area contributed by atoms with E-state index in [0.717, 1.165) is 35.7 Å². The van der Waals surface area contributed by atoms with Crippen LogP contribution in [0.1, 0.15) is 50.3 Å². The van der Waals surface area contributed by atoms with Crippen molar-refractivity contribution in [3.05, 3.63) is 77.4 Å². The van der Waals surface area contributed by atoms with Crippen molar-refractivity contribution in [2.75, 3.05) is 66.3 Å². The molecule has 0 saturated carbocycles. The second-order valence-corrected chi connectivity index (χ2v) is 14.9. The number of carbonyl (C=O) groups excluding carboxylic acids is 4. The molecule has 1 atom stereocenters. The monoisotopic (exact) mass is 840 g/mol. The van der Waals surface area contributed by atoms with Gasteiger partial charge in [-0.25, -0.2) is 0 Å². The fourth-order valence-electron chi connectivity index (χ4n) is 7.16. The summed E-state index contributed by atoms with van der Waals surface area (Å²) in [6, 6.07) is 16.7. The molecule has 3 aliphatic rings. The Morgan fingerprint density at radius 3 is 2.36 bits per heavy atom. The van der Waals surface area contributed by atoms with Crippen molar-refractivity contribution < 1.29 is 37.1 Å². The highest BCUT2D eigenvalue weighted by molar-refractivity contribution is 7.81. The van der Waals surface area contributed by atoms with Gasteiger partial charge in [-0.2, -0.15) is 18.4 Å². The van der Waals surface area contributed by atoms with Crippen LogP contribution in [0.5, 0.6) is 5.75 Å². The van der Waals surface area contributed by atoms with Crippen LogP contribution in [-0.4, -0.2) is 96.0 Å². The fourth-order valence-corrected chi connectivity index (χ4v) is 7.68. The Labute approximate surface area is 345 Å². The van der Waals surface area contributed by atoms with Gasteiger partial charge in [0.25, 0.3) is 5.91 Å². The number of halogens is 4. The lowest BCUT2D eigenvalue weighted by Gasteiger charge is -2.34. The quantitative estimate of drug-likeness (QED) is 0.161. The molecule has 0 radical (unpaired) electrons. The van der Waals surface area contributed by atoms with E-state index in [9.17, 15) is 37.6 Å². The van der Waals surface area contributed by atoms with Crippen LogP contribution < -0.4 is 30.5 Å². The molecule has 18 heteroatoms. The number of aryl methyl sites for hydroxylation is 1. The molecular formula is C40H44ClF3N8O5S. The van der Waals surface area contributed by atoms with Gasteiger partial charge in [-0.3, -0.25) is 39.2 Å². The predicted molar refractivity (Wildman–Crippen MR) is 219 cm³/mol. The molecule has 6 rings (SSSR count). The summed E-state index contributed by atoms with van der Waals surface area (Å²) in [5, 5.41) is 17.6. The molecule has 58 heavy (non-hydrogen) atoms. The van der Waals surface area contributed by atoms with Gasteiger partial charge in [0.05, 0.1) is 29.4 Å². The molecule has 3 aliphatic heterocycles. The zero-order chi connectivity index (χ0) is 41.1. The molecule has 4 amide bonds. The lowest BCUT2D eigenvalue weighted by molar-refractivity contribution is -0.138. The van der Waals surface area contributed by atoms with Crippen molar-refractivity contribution in [2.45, 2.75) is 57.8 Å². The van der Waals surface area contributed by atoms with Crippen LogP contribution in [0.25, 0.3) is 0 Å².